The van der Waals surface area contributed by atoms with Crippen molar-refractivity contribution in [2.75, 3.05) is 13.6 Å². The van der Waals surface area contributed by atoms with Crippen LogP contribution >= 0.6 is 0 Å². The fourth-order valence-electron chi connectivity index (χ4n) is 2.57. The molecule has 1 amide bonds. The van der Waals surface area contributed by atoms with Crippen molar-refractivity contribution in [2.24, 2.45) is 5.73 Å². The summed E-state index contributed by atoms with van der Waals surface area (Å²) >= 11 is 0. The Morgan fingerprint density at radius 1 is 1.45 bits per heavy atom. The molecule has 1 aromatic carbocycles. The first-order valence-corrected chi connectivity index (χ1v) is 6.89. The quantitative estimate of drug-likeness (QED) is 0.840. The number of benzene rings is 1. The Morgan fingerprint density at radius 2 is 2.15 bits per heavy atom. The van der Waals surface area contributed by atoms with Crippen LogP contribution in [0.2, 0.25) is 0 Å². The van der Waals surface area contributed by atoms with Crippen LogP contribution in [0.5, 0.6) is 0 Å². The number of hydrogen-bond acceptors (Lipinski definition) is 2. The van der Waals surface area contributed by atoms with Crippen molar-refractivity contribution in [3.05, 3.63) is 35.1 Å². The Kier molecular flexibility index (Phi) is 4.75. The second-order valence-electron chi connectivity index (χ2n) is 5.05. The SMILES string of the molecule is CN(C(=O)c1ccc(C#CCN)cc1F)C1CCCC1. The third kappa shape index (κ3) is 3.17. The molecular formula is C16H19FN2O. The van der Waals surface area contributed by atoms with Crippen molar-refractivity contribution >= 4 is 5.91 Å². The van der Waals surface area contributed by atoms with E-state index in [0.29, 0.717) is 5.56 Å². The normalized spacial score (nSPS) is 14.8. The van der Waals surface area contributed by atoms with Gasteiger partial charge in [-0.05, 0) is 31.0 Å². The monoisotopic (exact) mass is 274 g/mol. The van der Waals surface area contributed by atoms with E-state index in [-0.39, 0.29) is 24.1 Å². The number of nitrogens with two attached hydrogens (primary N) is 1. The van der Waals surface area contributed by atoms with E-state index in [2.05, 4.69) is 11.8 Å². The van der Waals surface area contributed by atoms with Gasteiger partial charge in [0.2, 0.25) is 0 Å². The fourth-order valence-corrected chi connectivity index (χ4v) is 2.57. The van der Waals surface area contributed by atoms with E-state index in [4.69, 9.17) is 5.73 Å². The number of carbonyl (C=O) groups is 1. The van der Waals surface area contributed by atoms with Crippen LogP contribution in [0.4, 0.5) is 4.39 Å². The minimum Gasteiger partial charge on any atom is -0.339 e. The van der Waals surface area contributed by atoms with Crippen LogP contribution in [-0.4, -0.2) is 30.4 Å². The van der Waals surface area contributed by atoms with Crippen LogP contribution in [0.25, 0.3) is 0 Å². The van der Waals surface area contributed by atoms with Gasteiger partial charge in [0.05, 0.1) is 12.1 Å². The number of carbonyl (C=O) groups excluding carboxylic acids is 1. The van der Waals surface area contributed by atoms with E-state index in [1.165, 1.54) is 12.1 Å². The van der Waals surface area contributed by atoms with E-state index in [0.717, 1.165) is 25.7 Å². The Labute approximate surface area is 119 Å². The lowest BCUT2D eigenvalue weighted by molar-refractivity contribution is 0.0730. The zero-order valence-corrected chi connectivity index (χ0v) is 11.7. The molecule has 0 aliphatic heterocycles. The van der Waals surface area contributed by atoms with Crippen LogP contribution in [-0.2, 0) is 0 Å². The second kappa shape index (κ2) is 6.53. The molecule has 0 atom stereocenters. The van der Waals surface area contributed by atoms with Crippen molar-refractivity contribution in [1.82, 2.24) is 4.90 Å². The van der Waals surface area contributed by atoms with E-state index >= 15 is 0 Å². The zero-order valence-electron chi connectivity index (χ0n) is 11.7. The maximum absolute atomic E-state index is 14.0. The van der Waals surface area contributed by atoms with Gasteiger partial charge in [-0.2, -0.15) is 0 Å². The highest BCUT2D eigenvalue weighted by molar-refractivity contribution is 5.94. The molecule has 1 saturated carbocycles. The number of amides is 1. The molecule has 1 aliphatic rings. The summed E-state index contributed by atoms with van der Waals surface area (Å²) in [5.74, 6) is 4.64. The van der Waals surface area contributed by atoms with Crippen molar-refractivity contribution in [1.29, 1.82) is 0 Å². The summed E-state index contributed by atoms with van der Waals surface area (Å²) in [7, 11) is 1.75. The average molecular weight is 274 g/mol. The molecule has 1 fully saturated rings. The first kappa shape index (κ1) is 14.5. The van der Waals surface area contributed by atoms with Gasteiger partial charge in [-0.1, -0.05) is 24.7 Å². The summed E-state index contributed by atoms with van der Waals surface area (Å²) in [6, 6.07) is 4.68. The summed E-state index contributed by atoms with van der Waals surface area (Å²) in [5.41, 5.74) is 5.92. The molecule has 0 radical (unpaired) electrons. The topological polar surface area (TPSA) is 46.3 Å². The van der Waals surface area contributed by atoms with Gasteiger partial charge in [-0.3, -0.25) is 4.79 Å². The molecule has 0 spiro atoms. The third-order valence-corrected chi connectivity index (χ3v) is 3.73. The second-order valence-corrected chi connectivity index (χ2v) is 5.05. The highest BCUT2D eigenvalue weighted by atomic mass is 19.1. The predicted octanol–water partition coefficient (Wildman–Crippen LogP) is 2.15. The van der Waals surface area contributed by atoms with Crippen molar-refractivity contribution in [3.8, 4) is 11.8 Å². The minimum atomic E-state index is -0.524. The van der Waals surface area contributed by atoms with E-state index in [1.807, 2.05) is 0 Å². The van der Waals surface area contributed by atoms with E-state index < -0.39 is 5.82 Å². The van der Waals surface area contributed by atoms with Crippen molar-refractivity contribution in [3.63, 3.8) is 0 Å². The van der Waals surface area contributed by atoms with E-state index in [1.54, 1.807) is 18.0 Å². The van der Waals surface area contributed by atoms with Crippen LogP contribution < -0.4 is 5.73 Å². The number of rotatable bonds is 2. The molecule has 0 unspecified atom stereocenters. The summed E-state index contributed by atoms with van der Waals surface area (Å²) < 4.78 is 14.0. The van der Waals surface area contributed by atoms with Gasteiger partial charge in [0.15, 0.2) is 0 Å². The lowest BCUT2D eigenvalue weighted by Gasteiger charge is -2.24. The molecule has 0 bridgehead atoms. The first-order chi connectivity index (χ1) is 9.63. The van der Waals surface area contributed by atoms with Crippen LogP contribution in [0.1, 0.15) is 41.6 Å². The molecular weight excluding hydrogens is 255 g/mol. The van der Waals surface area contributed by atoms with Gasteiger partial charge in [0.1, 0.15) is 5.82 Å². The van der Waals surface area contributed by atoms with Crippen LogP contribution in [0, 0.1) is 17.7 Å². The molecule has 20 heavy (non-hydrogen) atoms. The summed E-state index contributed by atoms with van der Waals surface area (Å²) in [6.07, 6.45) is 4.28. The number of hydrogen-bond donors (Lipinski definition) is 1. The first-order valence-electron chi connectivity index (χ1n) is 6.89. The minimum absolute atomic E-state index is 0.109. The van der Waals surface area contributed by atoms with Gasteiger partial charge in [0, 0.05) is 18.7 Å². The average Bonchev–Trinajstić information content (AvgIpc) is 2.98. The zero-order chi connectivity index (χ0) is 14.5. The van der Waals surface area contributed by atoms with Gasteiger partial charge in [-0.25, -0.2) is 4.39 Å². The molecule has 1 aromatic rings. The lowest BCUT2D eigenvalue weighted by atomic mass is 10.1. The highest BCUT2D eigenvalue weighted by Crippen LogP contribution is 2.24. The van der Waals surface area contributed by atoms with Gasteiger partial charge in [-0.15, -0.1) is 0 Å². The summed E-state index contributed by atoms with van der Waals surface area (Å²) in [6.45, 7) is 0.229. The molecule has 0 saturated heterocycles. The maximum atomic E-state index is 14.0. The molecule has 1 aliphatic carbocycles. The summed E-state index contributed by atoms with van der Waals surface area (Å²) in [4.78, 5) is 14.0. The van der Waals surface area contributed by atoms with Crippen molar-refractivity contribution < 1.29 is 9.18 Å². The van der Waals surface area contributed by atoms with Crippen LogP contribution in [0.15, 0.2) is 18.2 Å². The summed E-state index contributed by atoms with van der Waals surface area (Å²) in [5, 5.41) is 0. The Bertz CT molecular complexity index is 553. The molecule has 0 aromatic heterocycles. The van der Waals surface area contributed by atoms with Crippen molar-refractivity contribution in [2.45, 2.75) is 31.7 Å². The standard InChI is InChI=1S/C16H19FN2O/c1-19(13-6-2-3-7-13)16(20)14-9-8-12(5-4-10-18)11-15(14)17/h8-9,11,13H,2-3,6-7,10,18H2,1H3. The molecule has 4 heteroatoms. The maximum Gasteiger partial charge on any atom is 0.256 e. The number of nitrogens with zero attached hydrogens (tertiary/aromatic N) is 1. The third-order valence-electron chi connectivity index (χ3n) is 3.73. The van der Waals surface area contributed by atoms with Gasteiger partial charge in [0.25, 0.3) is 5.91 Å². The van der Waals surface area contributed by atoms with Gasteiger partial charge >= 0.3 is 0 Å². The molecule has 3 nitrogen and oxygen atoms in total. The van der Waals surface area contributed by atoms with E-state index in [9.17, 15) is 9.18 Å². The lowest BCUT2D eigenvalue weighted by Crippen LogP contribution is -2.35. The smallest absolute Gasteiger partial charge is 0.256 e. The molecule has 2 rings (SSSR count). The Morgan fingerprint density at radius 3 is 2.75 bits per heavy atom. The molecule has 2 N–H and O–H groups in total. The van der Waals surface area contributed by atoms with Gasteiger partial charge < -0.3 is 10.6 Å². The van der Waals surface area contributed by atoms with Crippen LogP contribution in [0.3, 0.4) is 0 Å². The largest absolute Gasteiger partial charge is 0.339 e. The molecule has 0 heterocycles. The molecule has 106 valence electrons. The highest BCUT2D eigenvalue weighted by Gasteiger charge is 2.25. The number of halogens is 1. The Balaban J connectivity index is 2.17. The Hall–Kier alpha value is -1.86. The fraction of sp³-hybridized carbons (Fsp3) is 0.438. The predicted molar refractivity (Wildman–Crippen MR) is 76.7 cm³/mol.